The van der Waals surface area contributed by atoms with Gasteiger partial charge < -0.3 is 10.2 Å². The van der Waals surface area contributed by atoms with Crippen LogP contribution in [0.3, 0.4) is 0 Å². The molecular formula is C16H21ClN6O2. The molecule has 1 amide bonds. The third kappa shape index (κ3) is 3.53. The first-order valence-corrected chi connectivity index (χ1v) is 8.50. The molecule has 0 aromatic carbocycles. The quantitative estimate of drug-likeness (QED) is 0.864. The van der Waals surface area contributed by atoms with Gasteiger partial charge >= 0.3 is 0 Å². The van der Waals surface area contributed by atoms with E-state index in [1.54, 1.807) is 33.3 Å². The van der Waals surface area contributed by atoms with Gasteiger partial charge in [0.15, 0.2) is 0 Å². The van der Waals surface area contributed by atoms with Crippen LogP contribution in [0.5, 0.6) is 0 Å². The molecule has 134 valence electrons. The van der Waals surface area contributed by atoms with Gasteiger partial charge in [0.05, 0.1) is 22.6 Å². The number of carbonyl (C=O) groups is 1. The Bertz CT molecular complexity index is 859. The second-order valence-electron chi connectivity index (χ2n) is 6.36. The minimum absolute atomic E-state index is 0.129. The summed E-state index contributed by atoms with van der Waals surface area (Å²) >= 11 is 6.14. The maximum absolute atomic E-state index is 12.4. The van der Waals surface area contributed by atoms with Crippen molar-refractivity contribution in [2.45, 2.75) is 13.3 Å². The van der Waals surface area contributed by atoms with Crippen molar-refractivity contribution in [3.63, 3.8) is 0 Å². The Kier molecular flexibility index (Phi) is 4.80. The molecule has 25 heavy (non-hydrogen) atoms. The first-order valence-electron chi connectivity index (χ1n) is 8.12. The van der Waals surface area contributed by atoms with E-state index in [2.05, 4.69) is 20.4 Å². The number of halogens is 1. The van der Waals surface area contributed by atoms with Crippen molar-refractivity contribution in [2.75, 3.05) is 24.5 Å². The average molecular weight is 365 g/mol. The molecule has 2 aromatic heterocycles. The third-order valence-electron chi connectivity index (χ3n) is 4.52. The second-order valence-corrected chi connectivity index (χ2v) is 6.74. The molecule has 0 radical (unpaired) electrons. The van der Waals surface area contributed by atoms with Crippen molar-refractivity contribution in [1.29, 1.82) is 0 Å². The largest absolute Gasteiger partial charge is 0.370 e. The van der Waals surface area contributed by atoms with Gasteiger partial charge in [-0.1, -0.05) is 11.6 Å². The molecule has 1 fully saturated rings. The number of amides is 1. The molecule has 1 N–H and O–H groups in total. The molecular weight excluding hydrogens is 344 g/mol. The van der Waals surface area contributed by atoms with Gasteiger partial charge in [-0.2, -0.15) is 10.2 Å². The van der Waals surface area contributed by atoms with E-state index in [1.807, 2.05) is 0 Å². The normalized spacial score (nSPS) is 17.1. The van der Waals surface area contributed by atoms with Crippen LogP contribution in [0, 0.1) is 12.8 Å². The molecule has 1 aliphatic heterocycles. The summed E-state index contributed by atoms with van der Waals surface area (Å²) in [6.07, 6.45) is 2.63. The van der Waals surface area contributed by atoms with Gasteiger partial charge in [-0.15, -0.1) is 0 Å². The summed E-state index contributed by atoms with van der Waals surface area (Å²) in [7, 11) is 3.33. The Morgan fingerprint density at radius 2 is 2.16 bits per heavy atom. The van der Waals surface area contributed by atoms with Crippen molar-refractivity contribution >= 4 is 23.2 Å². The summed E-state index contributed by atoms with van der Waals surface area (Å²) in [4.78, 5) is 26.2. The number of carbonyl (C=O) groups excluding carboxylic acids is 1. The molecule has 0 saturated carbocycles. The van der Waals surface area contributed by atoms with Gasteiger partial charge in [-0.05, 0) is 19.3 Å². The van der Waals surface area contributed by atoms with E-state index >= 15 is 0 Å². The molecule has 0 spiro atoms. The summed E-state index contributed by atoms with van der Waals surface area (Å²) in [6, 6.07) is 1.59. The fourth-order valence-electron chi connectivity index (χ4n) is 3.07. The van der Waals surface area contributed by atoms with E-state index in [0.717, 1.165) is 25.2 Å². The first-order chi connectivity index (χ1) is 11.9. The molecule has 1 unspecified atom stereocenters. The fraction of sp³-hybridized carbons (Fsp3) is 0.500. The lowest BCUT2D eigenvalue weighted by Gasteiger charge is -2.18. The molecule has 1 saturated heterocycles. The molecule has 1 atom stereocenters. The van der Waals surface area contributed by atoms with Crippen molar-refractivity contribution in [1.82, 2.24) is 24.9 Å². The van der Waals surface area contributed by atoms with Crippen LogP contribution in [-0.4, -0.2) is 45.1 Å². The van der Waals surface area contributed by atoms with Crippen LogP contribution in [0.2, 0.25) is 5.02 Å². The highest BCUT2D eigenvalue weighted by atomic mass is 35.5. The van der Waals surface area contributed by atoms with Gasteiger partial charge in [-0.3, -0.25) is 14.3 Å². The topological polar surface area (TPSA) is 85.1 Å². The van der Waals surface area contributed by atoms with Crippen LogP contribution >= 0.6 is 11.6 Å². The summed E-state index contributed by atoms with van der Waals surface area (Å²) in [5, 5.41) is 11.5. The standard InChI is InChI=1S/C16H21ClN6O2/c1-10-14(17)15(22(3)20-10)16(25)18-7-11-4-5-23(9-11)12-6-13(24)21(2)19-8-12/h6,8,11H,4-5,7,9H2,1-3H3,(H,18,25). The van der Waals surface area contributed by atoms with Gasteiger partial charge in [0.25, 0.3) is 11.5 Å². The third-order valence-corrected chi connectivity index (χ3v) is 4.97. The average Bonchev–Trinajstić information content (AvgIpc) is 3.13. The zero-order chi connectivity index (χ0) is 18.1. The van der Waals surface area contributed by atoms with E-state index in [9.17, 15) is 9.59 Å². The number of nitrogens with one attached hydrogen (secondary N) is 1. The monoisotopic (exact) mass is 364 g/mol. The van der Waals surface area contributed by atoms with Gasteiger partial charge in [-0.25, -0.2) is 4.68 Å². The Morgan fingerprint density at radius 3 is 2.80 bits per heavy atom. The summed E-state index contributed by atoms with van der Waals surface area (Å²) in [6.45, 7) is 3.93. The summed E-state index contributed by atoms with van der Waals surface area (Å²) in [5.74, 6) is 0.0860. The molecule has 8 nitrogen and oxygen atoms in total. The highest BCUT2D eigenvalue weighted by molar-refractivity contribution is 6.34. The lowest BCUT2D eigenvalue weighted by molar-refractivity contribution is 0.0939. The maximum atomic E-state index is 12.4. The van der Waals surface area contributed by atoms with E-state index < -0.39 is 0 Å². The fourth-order valence-corrected chi connectivity index (χ4v) is 3.31. The number of nitrogens with zero attached hydrogens (tertiary/aromatic N) is 5. The Balaban J connectivity index is 1.59. The van der Waals surface area contributed by atoms with Crippen LogP contribution < -0.4 is 15.8 Å². The van der Waals surface area contributed by atoms with Gasteiger partial charge in [0, 0.05) is 39.8 Å². The Hall–Kier alpha value is -2.35. The van der Waals surface area contributed by atoms with Gasteiger partial charge in [0.2, 0.25) is 0 Å². The SMILES string of the molecule is Cc1nn(C)c(C(=O)NCC2CCN(c3cnn(C)c(=O)c3)C2)c1Cl. The molecule has 2 aromatic rings. The molecule has 9 heteroatoms. The Morgan fingerprint density at radius 1 is 1.40 bits per heavy atom. The van der Waals surface area contributed by atoms with Crippen LogP contribution in [-0.2, 0) is 14.1 Å². The maximum Gasteiger partial charge on any atom is 0.271 e. The van der Waals surface area contributed by atoms with Crippen LogP contribution in [0.15, 0.2) is 17.1 Å². The number of hydrogen-bond donors (Lipinski definition) is 1. The van der Waals surface area contributed by atoms with E-state index in [-0.39, 0.29) is 11.5 Å². The number of hydrogen-bond acceptors (Lipinski definition) is 5. The zero-order valence-electron chi connectivity index (χ0n) is 14.5. The second kappa shape index (κ2) is 6.87. The van der Waals surface area contributed by atoms with E-state index in [1.165, 1.54) is 9.36 Å². The number of rotatable bonds is 4. The predicted molar refractivity (Wildman–Crippen MR) is 95.1 cm³/mol. The van der Waals surface area contributed by atoms with Gasteiger partial charge in [0.1, 0.15) is 5.69 Å². The van der Waals surface area contributed by atoms with Crippen molar-refractivity contribution < 1.29 is 4.79 Å². The molecule has 0 bridgehead atoms. The zero-order valence-corrected chi connectivity index (χ0v) is 15.2. The molecule has 1 aliphatic rings. The lowest BCUT2D eigenvalue weighted by Crippen LogP contribution is -2.32. The summed E-state index contributed by atoms with van der Waals surface area (Å²) in [5.41, 5.74) is 1.71. The highest BCUT2D eigenvalue weighted by Crippen LogP contribution is 2.22. The van der Waals surface area contributed by atoms with Crippen LogP contribution in [0.1, 0.15) is 22.6 Å². The minimum atomic E-state index is -0.221. The number of anilines is 1. The minimum Gasteiger partial charge on any atom is -0.370 e. The van der Waals surface area contributed by atoms with E-state index in [4.69, 9.17) is 11.6 Å². The van der Waals surface area contributed by atoms with Crippen molar-refractivity contribution in [2.24, 2.45) is 20.0 Å². The lowest BCUT2D eigenvalue weighted by atomic mass is 10.1. The molecule has 3 heterocycles. The molecule has 3 rings (SSSR count). The smallest absolute Gasteiger partial charge is 0.271 e. The summed E-state index contributed by atoms with van der Waals surface area (Å²) < 4.78 is 2.80. The van der Waals surface area contributed by atoms with E-state index in [0.29, 0.717) is 28.9 Å². The predicted octanol–water partition coefficient (Wildman–Crippen LogP) is 0.732. The highest BCUT2D eigenvalue weighted by Gasteiger charge is 2.25. The van der Waals surface area contributed by atoms with Crippen LogP contribution in [0.25, 0.3) is 0 Å². The number of aromatic nitrogens is 4. The Labute approximate surface area is 150 Å². The number of aryl methyl sites for hydroxylation is 3. The van der Waals surface area contributed by atoms with Crippen LogP contribution in [0.4, 0.5) is 5.69 Å². The first kappa shape index (κ1) is 17.5. The van der Waals surface area contributed by atoms with Crippen molar-refractivity contribution in [3.05, 3.63) is 39.0 Å². The molecule has 0 aliphatic carbocycles. The van der Waals surface area contributed by atoms with Crippen molar-refractivity contribution in [3.8, 4) is 0 Å².